The van der Waals surface area contributed by atoms with Crippen LogP contribution in [0.25, 0.3) is 0 Å². The number of amides is 2. The van der Waals surface area contributed by atoms with Gasteiger partial charge in [0.15, 0.2) is 0 Å². The molecule has 0 radical (unpaired) electrons. The summed E-state index contributed by atoms with van der Waals surface area (Å²) in [7, 11) is -3.72. The van der Waals surface area contributed by atoms with Crippen molar-refractivity contribution in [3.8, 4) is 0 Å². The van der Waals surface area contributed by atoms with Crippen LogP contribution in [-0.2, 0) is 19.6 Å². The summed E-state index contributed by atoms with van der Waals surface area (Å²) >= 11 is 6.31. The molecule has 1 aliphatic carbocycles. The number of halogens is 1. The number of aliphatic imine (C=N–C) groups is 1. The van der Waals surface area contributed by atoms with E-state index < -0.39 is 33.8 Å². The van der Waals surface area contributed by atoms with Crippen molar-refractivity contribution in [1.82, 2.24) is 4.72 Å². The number of nitrogens with one attached hydrogen (secondary N) is 1. The highest BCUT2D eigenvalue weighted by molar-refractivity contribution is 7.90. The van der Waals surface area contributed by atoms with Crippen LogP contribution < -0.4 is 9.62 Å². The topological polar surface area (TPSA) is 95.9 Å². The summed E-state index contributed by atoms with van der Waals surface area (Å²) < 4.78 is 26.7. The van der Waals surface area contributed by atoms with E-state index in [-0.39, 0.29) is 11.8 Å². The largest absolute Gasteiger partial charge is 0.300 e. The number of benzodiazepines with no additional fused rings is 1. The van der Waals surface area contributed by atoms with Gasteiger partial charge in [-0.05, 0) is 37.0 Å². The van der Waals surface area contributed by atoms with Crippen molar-refractivity contribution in [3.63, 3.8) is 0 Å². The number of fused-ring (bicyclic) bond motifs is 1. The molecule has 2 aromatic rings. The molecular weight excluding hydrogens is 462 g/mol. The normalized spacial score (nSPS) is 19.4. The molecule has 1 aliphatic heterocycles. The molecule has 2 amide bonds. The molecule has 1 unspecified atom stereocenters. The summed E-state index contributed by atoms with van der Waals surface area (Å²) in [6.45, 7) is 3.49. The molecule has 174 valence electrons. The Bertz CT molecular complexity index is 1210. The molecule has 7 nitrogen and oxygen atoms in total. The molecule has 4 rings (SSSR count). The number of carbonyl (C=O) groups is 2. The van der Waals surface area contributed by atoms with Crippen LogP contribution in [0.3, 0.4) is 0 Å². The Morgan fingerprint density at radius 3 is 2.55 bits per heavy atom. The van der Waals surface area contributed by atoms with Gasteiger partial charge in [-0.3, -0.25) is 19.3 Å². The van der Waals surface area contributed by atoms with Gasteiger partial charge in [-0.1, -0.05) is 62.2 Å². The fraction of sp³-hybridized carbons (Fsp3) is 0.375. The van der Waals surface area contributed by atoms with E-state index >= 15 is 0 Å². The standard InChI is InChI=1S/C24H26ClN3O4S/c1-3-15(2)22-24(30)28(14-21(29)27-33(31,32)18-10-11-18)20-12-9-17(25)13-19(20)23(26-22)16-7-5-4-6-8-16/h4-9,12-13,15,18,22H,3,10-11,14H2,1-2H3,(H,27,29)/t15-,22?/m0/s1. The van der Waals surface area contributed by atoms with E-state index in [0.717, 1.165) is 5.56 Å². The van der Waals surface area contributed by atoms with Gasteiger partial charge in [0.2, 0.25) is 10.0 Å². The molecule has 1 heterocycles. The minimum Gasteiger partial charge on any atom is -0.300 e. The fourth-order valence-electron chi connectivity index (χ4n) is 3.85. The molecule has 2 aromatic carbocycles. The van der Waals surface area contributed by atoms with Crippen LogP contribution in [0, 0.1) is 5.92 Å². The monoisotopic (exact) mass is 487 g/mol. The smallest absolute Gasteiger partial charge is 0.253 e. The molecule has 0 aromatic heterocycles. The molecule has 33 heavy (non-hydrogen) atoms. The Hall–Kier alpha value is -2.71. The van der Waals surface area contributed by atoms with E-state index in [1.807, 2.05) is 44.2 Å². The number of carbonyl (C=O) groups excluding carboxylic acids is 2. The zero-order chi connectivity index (χ0) is 23.8. The summed E-state index contributed by atoms with van der Waals surface area (Å²) in [5.41, 5.74) is 2.52. The maximum Gasteiger partial charge on any atom is 0.253 e. The molecule has 2 aliphatic rings. The zero-order valence-electron chi connectivity index (χ0n) is 18.5. The molecule has 2 atom stereocenters. The predicted molar refractivity (Wildman–Crippen MR) is 129 cm³/mol. The van der Waals surface area contributed by atoms with E-state index in [2.05, 4.69) is 4.72 Å². The first-order valence-corrected chi connectivity index (χ1v) is 12.9. The average molecular weight is 488 g/mol. The summed E-state index contributed by atoms with van der Waals surface area (Å²) in [6, 6.07) is 13.8. The Morgan fingerprint density at radius 2 is 1.91 bits per heavy atom. The lowest BCUT2D eigenvalue weighted by Crippen LogP contribution is -2.47. The van der Waals surface area contributed by atoms with Crippen LogP contribution in [0.4, 0.5) is 5.69 Å². The number of nitrogens with zero attached hydrogens (tertiary/aromatic N) is 2. The van der Waals surface area contributed by atoms with Crippen molar-refractivity contribution < 1.29 is 18.0 Å². The van der Waals surface area contributed by atoms with Crippen LogP contribution in [-0.4, -0.2) is 43.8 Å². The second kappa shape index (κ2) is 9.27. The van der Waals surface area contributed by atoms with Gasteiger partial charge in [0.05, 0.1) is 16.6 Å². The first kappa shape index (κ1) is 23.4. The SMILES string of the molecule is CC[C@H](C)C1N=C(c2ccccc2)c2cc(Cl)ccc2N(CC(=O)NS(=O)(=O)C2CC2)C1=O. The minimum atomic E-state index is -3.72. The molecule has 1 saturated carbocycles. The van der Waals surface area contributed by atoms with Crippen molar-refractivity contribution in [2.75, 3.05) is 11.4 Å². The lowest BCUT2D eigenvalue weighted by molar-refractivity contribution is -0.124. The number of benzene rings is 2. The Labute approximate surface area is 198 Å². The second-order valence-electron chi connectivity index (χ2n) is 8.53. The van der Waals surface area contributed by atoms with Gasteiger partial charge in [-0.25, -0.2) is 8.42 Å². The molecule has 1 N–H and O–H groups in total. The van der Waals surface area contributed by atoms with Gasteiger partial charge in [-0.15, -0.1) is 0 Å². The molecule has 0 spiro atoms. The summed E-state index contributed by atoms with van der Waals surface area (Å²) in [6.07, 6.45) is 1.78. The average Bonchev–Trinajstić information content (AvgIpc) is 3.64. The van der Waals surface area contributed by atoms with Crippen molar-refractivity contribution in [2.24, 2.45) is 10.9 Å². The third kappa shape index (κ3) is 4.96. The van der Waals surface area contributed by atoms with Crippen LogP contribution in [0.5, 0.6) is 0 Å². The van der Waals surface area contributed by atoms with Gasteiger partial charge < -0.3 is 4.90 Å². The Balaban J connectivity index is 1.79. The van der Waals surface area contributed by atoms with Gasteiger partial charge in [0.25, 0.3) is 11.8 Å². The molecule has 1 fully saturated rings. The first-order chi connectivity index (χ1) is 15.7. The molecule has 9 heteroatoms. The quantitative estimate of drug-likeness (QED) is 0.646. The van der Waals surface area contributed by atoms with Crippen molar-refractivity contribution in [1.29, 1.82) is 0 Å². The maximum atomic E-state index is 13.7. The first-order valence-electron chi connectivity index (χ1n) is 11.0. The Morgan fingerprint density at radius 1 is 1.21 bits per heavy atom. The highest BCUT2D eigenvalue weighted by Crippen LogP contribution is 2.33. The Kier molecular flexibility index (Phi) is 6.59. The molecule has 0 saturated heterocycles. The van der Waals surface area contributed by atoms with E-state index in [1.54, 1.807) is 18.2 Å². The van der Waals surface area contributed by atoms with Gasteiger partial charge >= 0.3 is 0 Å². The third-order valence-electron chi connectivity index (χ3n) is 6.04. The van der Waals surface area contributed by atoms with E-state index in [9.17, 15) is 18.0 Å². The van der Waals surface area contributed by atoms with Gasteiger partial charge in [0, 0.05) is 16.1 Å². The van der Waals surface area contributed by atoms with Crippen LogP contribution >= 0.6 is 11.6 Å². The lowest BCUT2D eigenvalue weighted by Gasteiger charge is -2.26. The van der Waals surface area contributed by atoms with Crippen LogP contribution in [0.1, 0.15) is 44.2 Å². The second-order valence-corrected chi connectivity index (χ2v) is 10.9. The summed E-state index contributed by atoms with van der Waals surface area (Å²) in [4.78, 5) is 32.6. The van der Waals surface area contributed by atoms with Crippen molar-refractivity contribution >= 4 is 44.8 Å². The van der Waals surface area contributed by atoms with E-state index in [0.29, 0.717) is 41.2 Å². The zero-order valence-corrected chi connectivity index (χ0v) is 20.1. The predicted octanol–water partition coefficient (Wildman–Crippen LogP) is 3.55. The number of hydrogen-bond donors (Lipinski definition) is 1. The maximum absolute atomic E-state index is 13.7. The van der Waals surface area contributed by atoms with Crippen LogP contribution in [0.2, 0.25) is 5.02 Å². The van der Waals surface area contributed by atoms with E-state index in [1.165, 1.54) is 4.90 Å². The lowest BCUT2D eigenvalue weighted by atomic mass is 9.98. The number of anilines is 1. The molecule has 0 bridgehead atoms. The molecular formula is C24H26ClN3O4S. The van der Waals surface area contributed by atoms with E-state index in [4.69, 9.17) is 16.6 Å². The highest BCUT2D eigenvalue weighted by atomic mass is 35.5. The highest BCUT2D eigenvalue weighted by Gasteiger charge is 2.39. The fourth-order valence-corrected chi connectivity index (χ4v) is 5.33. The van der Waals surface area contributed by atoms with Crippen molar-refractivity contribution in [3.05, 3.63) is 64.7 Å². The van der Waals surface area contributed by atoms with Gasteiger partial charge in [0.1, 0.15) is 12.6 Å². The number of sulfonamides is 1. The third-order valence-corrected chi connectivity index (χ3v) is 8.14. The number of hydrogen-bond acceptors (Lipinski definition) is 5. The van der Waals surface area contributed by atoms with Crippen LogP contribution in [0.15, 0.2) is 53.5 Å². The summed E-state index contributed by atoms with van der Waals surface area (Å²) in [5, 5.41) is -0.0687. The van der Waals surface area contributed by atoms with Crippen molar-refractivity contribution in [2.45, 2.75) is 44.4 Å². The van der Waals surface area contributed by atoms with Gasteiger partial charge in [-0.2, -0.15) is 0 Å². The number of rotatable bonds is 7. The summed E-state index contributed by atoms with van der Waals surface area (Å²) in [5.74, 6) is -1.19. The minimum absolute atomic E-state index is 0.0956.